The van der Waals surface area contributed by atoms with E-state index in [9.17, 15) is 9.59 Å². The van der Waals surface area contributed by atoms with E-state index in [2.05, 4.69) is 21.6 Å². The summed E-state index contributed by atoms with van der Waals surface area (Å²) in [5.41, 5.74) is 5.74. The predicted molar refractivity (Wildman–Crippen MR) is 158 cm³/mol. The second-order valence-electron chi connectivity index (χ2n) is 9.94. The molecule has 0 amide bonds. The van der Waals surface area contributed by atoms with Gasteiger partial charge in [-0.3, -0.25) is 14.5 Å². The number of benzene rings is 3. The van der Waals surface area contributed by atoms with Gasteiger partial charge in [-0.05, 0) is 79.5 Å². The summed E-state index contributed by atoms with van der Waals surface area (Å²) in [6, 6.07) is 23.2. The van der Waals surface area contributed by atoms with E-state index in [1.165, 1.54) is 0 Å². The monoisotopic (exact) mass is 592 g/mol. The Balaban J connectivity index is 0.00000242. The minimum absolute atomic E-state index is 0. The molecule has 212 valence electrons. The molecule has 42 heavy (non-hydrogen) atoms. The zero-order valence-electron chi connectivity index (χ0n) is 24.5. The van der Waals surface area contributed by atoms with Crippen molar-refractivity contribution in [3.8, 4) is 34.0 Å². The van der Waals surface area contributed by atoms with Crippen LogP contribution < -0.4 is 72.4 Å². The SMILES string of the molecule is CCCc1nc(C)n(-c2ccc(OC(C)C)cc2)c(=O)c1Cc1ccc(-c2ccccc2-c2noc(=O)[n-]2)cc1.O.[K+]. The number of rotatable bonds is 9. The fourth-order valence-electron chi connectivity index (χ4n) is 4.84. The quantitative estimate of drug-likeness (QED) is 0.238. The van der Waals surface area contributed by atoms with E-state index in [0.717, 1.165) is 46.7 Å². The molecule has 5 aromatic rings. The maximum atomic E-state index is 13.9. The van der Waals surface area contributed by atoms with Crippen LogP contribution in [-0.2, 0) is 12.8 Å². The summed E-state index contributed by atoms with van der Waals surface area (Å²) in [4.78, 5) is 34.0. The Hall–Kier alpha value is -3.12. The second-order valence-corrected chi connectivity index (χ2v) is 9.94. The van der Waals surface area contributed by atoms with Crippen LogP contribution in [0, 0.1) is 6.92 Å². The van der Waals surface area contributed by atoms with Gasteiger partial charge in [0.05, 0.1) is 17.5 Å². The van der Waals surface area contributed by atoms with Crippen molar-refractivity contribution in [1.29, 1.82) is 0 Å². The van der Waals surface area contributed by atoms with Gasteiger partial charge in [0.1, 0.15) is 11.6 Å². The predicted octanol–water partition coefficient (Wildman–Crippen LogP) is 1.69. The molecule has 0 unspecified atom stereocenters. The number of aromatic nitrogens is 4. The Labute approximate surface area is 286 Å². The maximum absolute atomic E-state index is 13.9. The molecule has 0 bridgehead atoms. The molecule has 10 heteroatoms. The minimum atomic E-state index is -0.722. The van der Waals surface area contributed by atoms with Crippen LogP contribution in [0.4, 0.5) is 0 Å². The molecule has 2 aromatic heterocycles. The van der Waals surface area contributed by atoms with Gasteiger partial charge in [-0.15, -0.1) is 0 Å². The van der Waals surface area contributed by atoms with E-state index >= 15 is 0 Å². The zero-order valence-corrected chi connectivity index (χ0v) is 27.7. The Bertz CT molecular complexity index is 1740. The molecule has 2 N–H and O–H groups in total. The molecule has 0 atom stereocenters. The van der Waals surface area contributed by atoms with Crippen LogP contribution >= 0.6 is 0 Å². The number of ether oxygens (including phenoxy) is 1. The molecule has 0 radical (unpaired) electrons. The first-order valence-corrected chi connectivity index (χ1v) is 13.4. The van der Waals surface area contributed by atoms with E-state index in [-0.39, 0.29) is 74.3 Å². The van der Waals surface area contributed by atoms with Crippen LogP contribution in [0.25, 0.3) is 28.2 Å². The molecular weight excluding hydrogens is 559 g/mol. The first-order chi connectivity index (χ1) is 19.3. The van der Waals surface area contributed by atoms with Crippen molar-refractivity contribution in [3.63, 3.8) is 0 Å². The molecule has 0 saturated heterocycles. The summed E-state index contributed by atoms with van der Waals surface area (Å²) in [5.74, 6) is 0.947. The third-order valence-electron chi connectivity index (χ3n) is 6.60. The van der Waals surface area contributed by atoms with E-state index < -0.39 is 5.76 Å². The van der Waals surface area contributed by atoms with Crippen molar-refractivity contribution in [2.75, 3.05) is 0 Å². The zero-order chi connectivity index (χ0) is 28.2. The topological polar surface area (TPSA) is 133 Å². The molecule has 0 fully saturated rings. The summed E-state index contributed by atoms with van der Waals surface area (Å²) in [6.07, 6.45) is 2.15. The molecule has 0 aliphatic heterocycles. The normalized spacial score (nSPS) is 10.7. The third-order valence-corrected chi connectivity index (χ3v) is 6.60. The van der Waals surface area contributed by atoms with Crippen LogP contribution in [0.5, 0.6) is 5.75 Å². The smallest absolute Gasteiger partial charge is 0.491 e. The average molecular weight is 593 g/mol. The van der Waals surface area contributed by atoms with Crippen molar-refractivity contribution in [2.45, 2.75) is 53.1 Å². The van der Waals surface area contributed by atoms with Gasteiger partial charge in [0.2, 0.25) is 0 Å². The first kappa shape index (κ1) is 33.4. The van der Waals surface area contributed by atoms with Crippen molar-refractivity contribution in [3.05, 3.63) is 116 Å². The van der Waals surface area contributed by atoms with Crippen LogP contribution in [0.1, 0.15) is 49.8 Å². The fraction of sp³-hybridized carbons (Fsp3) is 0.250. The molecule has 0 spiro atoms. The Morgan fingerprint density at radius 2 is 1.62 bits per heavy atom. The van der Waals surface area contributed by atoms with Crippen molar-refractivity contribution in [2.24, 2.45) is 0 Å². The number of hydrogen-bond donors (Lipinski definition) is 0. The summed E-state index contributed by atoms with van der Waals surface area (Å²) in [7, 11) is 0. The first-order valence-electron chi connectivity index (χ1n) is 13.4. The molecule has 0 aliphatic rings. The summed E-state index contributed by atoms with van der Waals surface area (Å²) < 4.78 is 12.1. The molecule has 3 aromatic carbocycles. The minimum Gasteiger partial charge on any atom is -0.491 e. The Morgan fingerprint density at radius 3 is 2.21 bits per heavy atom. The van der Waals surface area contributed by atoms with Gasteiger partial charge in [-0.25, -0.2) is 9.78 Å². The molecule has 0 aliphatic carbocycles. The number of hydrogen-bond acceptors (Lipinski definition) is 6. The van der Waals surface area contributed by atoms with Crippen LogP contribution in [-0.4, -0.2) is 26.3 Å². The van der Waals surface area contributed by atoms with Gasteiger partial charge < -0.3 is 19.7 Å². The van der Waals surface area contributed by atoms with Gasteiger partial charge in [-0.2, -0.15) is 0 Å². The Kier molecular flexibility index (Phi) is 11.8. The summed E-state index contributed by atoms with van der Waals surface area (Å²) in [6.45, 7) is 7.92. The van der Waals surface area contributed by atoms with Gasteiger partial charge in [0.15, 0.2) is 0 Å². The van der Waals surface area contributed by atoms with Gasteiger partial charge in [0, 0.05) is 12.0 Å². The van der Waals surface area contributed by atoms with Crippen molar-refractivity contribution in [1.82, 2.24) is 19.7 Å². The molecule has 2 heterocycles. The van der Waals surface area contributed by atoms with Crippen LogP contribution in [0.3, 0.4) is 0 Å². The third kappa shape index (κ3) is 7.44. The van der Waals surface area contributed by atoms with Crippen LogP contribution in [0.2, 0.25) is 0 Å². The number of aryl methyl sites for hydroxylation is 2. The Morgan fingerprint density at radius 1 is 0.952 bits per heavy atom. The largest absolute Gasteiger partial charge is 1.00 e. The second kappa shape index (κ2) is 14.9. The molecule has 5 rings (SSSR count). The molecular formula is C32H33KN4O5. The summed E-state index contributed by atoms with van der Waals surface area (Å²) >= 11 is 0. The van der Waals surface area contributed by atoms with Crippen molar-refractivity contribution < 1.29 is 66.1 Å². The van der Waals surface area contributed by atoms with Gasteiger partial charge >= 0.3 is 57.1 Å². The van der Waals surface area contributed by atoms with Gasteiger partial charge in [-0.1, -0.05) is 61.9 Å². The van der Waals surface area contributed by atoms with E-state index in [4.69, 9.17) is 9.72 Å². The van der Waals surface area contributed by atoms with Gasteiger partial charge in [0.25, 0.3) is 5.56 Å². The standard InChI is InChI=1S/C32H32N4O4.K.H2O/c1-5-8-29-28(31(37)36(21(4)33-29)24-15-17-25(18-16-24)39-20(2)3)19-22-11-13-23(14-12-22)26-9-6-7-10-27(26)30-34-32(38)40-35-30;;/h6-7,9-18,20H,5,8,19H2,1-4H3,(H,34,35,38);;1H2/q;+1;/p-1. The van der Waals surface area contributed by atoms with Crippen LogP contribution in [0.15, 0.2) is 86.9 Å². The molecule has 0 saturated carbocycles. The van der Waals surface area contributed by atoms with E-state index in [1.54, 1.807) is 4.57 Å². The molecule has 9 nitrogen and oxygen atoms in total. The maximum Gasteiger partial charge on any atom is 1.00 e. The van der Waals surface area contributed by atoms with Crippen molar-refractivity contribution >= 4 is 0 Å². The fourth-order valence-corrected chi connectivity index (χ4v) is 4.84. The number of nitrogens with zero attached hydrogens (tertiary/aromatic N) is 4. The van der Waals surface area contributed by atoms with E-state index in [1.807, 2.05) is 93.6 Å². The van der Waals surface area contributed by atoms with E-state index in [0.29, 0.717) is 23.4 Å². The summed E-state index contributed by atoms with van der Waals surface area (Å²) in [5, 5.41) is 3.79. The average Bonchev–Trinajstić information content (AvgIpc) is 3.38.